The van der Waals surface area contributed by atoms with Crippen molar-refractivity contribution >= 4 is 17.1 Å². The summed E-state index contributed by atoms with van der Waals surface area (Å²) in [6.07, 6.45) is 13.8. The fraction of sp³-hybridized carbons (Fsp3) is 0.455. The molecule has 1 nitrogen and oxygen atoms in total. The summed E-state index contributed by atoms with van der Waals surface area (Å²) in [5, 5.41) is 0. The van der Waals surface area contributed by atoms with Crippen LogP contribution in [0, 0.1) is 17.8 Å². The van der Waals surface area contributed by atoms with E-state index in [-0.39, 0.29) is 10.8 Å². The zero-order valence-electron chi connectivity index (χ0n) is 28.0. The summed E-state index contributed by atoms with van der Waals surface area (Å²) >= 11 is 0. The number of fused-ring (bicyclic) bond motifs is 5. The van der Waals surface area contributed by atoms with Gasteiger partial charge < -0.3 is 4.90 Å². The van der Waals surface area contributed by atoms with Crippen molar-refractivity contribution in [2.45, 2.75) is 109 Å². The maximum absolute atomic E-state index is 2.57. The van der Waals surface area contributed by atoms with Crippen LogP contribution in [0.2, 0.25) is 0 Å². The highest BCUT2D eigenvalue weighted by Crippen LogP contribution is 2.53. The van der Waals surface area contributed by atoms with Crippen LogP contribution in [0.5, 0.6) is 0 Å². The molecule has 3 saturated carbocycles. The fourth-order valence-corrected chi connectivity index (χ4v) is 10.5. The van der Waals surface area contributed by atoms with Crippen LogP contribution in [0.25, 0.3) is 11.1 Å². The second-order valence-electron chi connectivity index (χ2n) is 16.2. The molecule has 2 bridgehead atoms. The molecule has 4 aromatic rings. The SMILES string of the molecule is CC1CC2CC(C1)CC(C)(c1cccc(N(c3ccc(C4CCCCC4)cc3)c3ccc4c(c3)C(C)(C)c3ccccc3-4)c1)C2. The van der Waals surface area contributed by atoms with E-state index in [1.807, 2.05) is 0 Å². The molecule has 2 unspecified atom stereocenters. The van der Waals surface area contributed by atoms with Crippen molar-refractivity contribution in [3.8, 4) is 11.1 Å². The van der Waals surface area contributed by atoms with Crippen LogP contribution in [-0.2, 0) is 10.8 Å². The molecule has 45 heavy (non-hydrogen) atoms. The Morgan fingerprint density at radius 1 is 0.600 bits per heavy atom. The van der Waals surface area contributed by atoms with Crippen LogP contribution in [0.15, 0.2) is 91.0 Å². The quantitative estimate of drug-likeness (QED) is 0.222. The van der Waals surface area contributed by atoms with Crippen LogP contribution >= 0.6 is 0 Å². The number of benzene rings is 4. The standard InChI is InChI=1S/C44H51N/c1-30-23-31-25-32(24-30)29-44(4,28-31)35-13-10-14-37(26-35)45(36-19-17-34(18-20-36)33-11-6-5-7-12-33)38-21-22-40-39-15-8-9-16-41(39)43(2,3)42(40)27-38/h8-10,13-22,26-27,30-33H,5-7,11-12,23-25,28-29H2,1-4H3. The van der Waals surface area contributed by atoms with E-state index in [9.17, 15) is 0 Å². The number of nitrogens with zero attached hydrogens (tertiary/aromatic N) is 1. The lowest BCUT2D eigenvalue weighted by Crippen LogP contribution is -2.38. The highest BCUT2D eigenvalue weighted by molar-refractivity contribution is 5.85. The van der Waals surface area contributed by atoms with E-state index in [1.165, 1.54) is 115 Å². The zero-order chi connectivity index (χ0) is 30.8. The van der Waals surface area contributed by atoms with Crippen molar-refractivity contribution in [3.63, 3.8) is 0 Å². The second kappa shape index (κ2) is 11.2. The third kappa shape index (κ3) is 5.15. The molecular formula is C44H51N. The molecule has 0 radical (unpaired) electrons. The minimum absolute atomic E-state index is 0.0230. The van der Waals surface area contributed by atoms with Crippen molar-refractivity contribution < 1.29 is 0 Å². The lowest BCUT2D eigenvalue weighted by atomic mass is 9.57. The molecule has 2 atom stereocenters. The van der Waals surface area contributed by atoms with E-state index in [2.05, 4.69) is 124 Å². The van der Waals surface area contributed by atoms with Gasteiger partial charge in [-0.1, -0.05) is 102 Å². The lowest BCUT2D eigenvalue weighted by molar-refractivity contribution is 0.0899. The Bertz CT molecular complexity index is 1670. The summed E-state index contributed by atoms with van der Waals surface area (Å²) in [7, 11) is 0. The Morgan fingerprint density at radius 3 is 2.02 bits per heavy atom. The van der Waals surface area contributed by atoms with Crippen LogP contribution in [0.4, 0.5) is 17.1 Å². The minimum atomic E-state index is -0.0230. The van der Waals surface area contributed by atoms with Gasteiger partial charge in [0.2, 0.25) is 0 Å². The van der Waals surface area contributed by atoms with Crippen molar-refractivity contribution in [2.24, 2.45) is 17.8 Å². The summed E-state index contributed by atoms with van der Waals surface area (Å²) in [6.45, 7) is 9.84. The van der Waals surface area contributed by atoms with Crippen LogP contribution in [0.1, 0.15) is 120 Å². The zero-order valence-corrected chi connectivity index (χ0v) is 28.0. The molecular weight excluding hydrogens is 542 g/mol. The van der Waals surface area contributed by atoms with E-state index < -0.39 is 0 Å². The van der Waals surface area contributed by atoms with Crippen molar-refractivity contribution in [2.75, 3.05) is 4.90 Å². The average Bonchev–Trinajstić information content (AvgIpc) is 3.27. The van der Waals surface area contributed by atoms with E-state index in [0.29, 0.717) is 0 Å². The Hall–Kier alpha value is -3.32. The fourth-order valence-electron chi connectivity index (χ4n) is 10.5. The van der Waals surface area contributed by atoms with Gasteiger partial charge in [0.05, 0.1) is 0 Å². The maximum Gasteiger partial charge on any atom is 0.0465 e. The average molecular weight is 594 g/mol. The van der Waals surface area contributed by atoms with Gasteiger partial charge in [0.15, 0.2) is 0 Å². The summed E-state index contributed by atoms with van der Waals surface area (Å²) in [4.78, 5) is 2.54. The molecule has 0 amide bonds. The Labute approximate surface area is 272 Å². The third-order valence-electron chi connectivity index (χ3n) is 12.5. The van der Waals surface area contributed by atoms with E-state index in [0.717, 1.165) is 23.7 Å². The Kier molecular flexibility index (Phi) is 7.23. The van der Waals surface area contributed by atoms with Gasteiger partial charge in [-0.15, -0.1) is 0 Å². The predicted octanol–water partition coefficient (Wildman–Crippen LogP) is 12.6. The normalized spacial score (nSPS) is 27.1. The maximum atomic E-state index is 2.57. The van der Waals surface area contributed by atoms with Gasteiger partial charge in [-0.25, -0.2) is 0 Å². The highest BCUT2D eigenvalue weighted by atomic mass is 15.1. The first-order valence-electron chi connectivity index (χ1n) is 18.0. The second-order valence-corrected chi connectivity index (χ2v) is 16.2. The van der Waals surface area contributed by atoms with Crippen molar-refractivity contribution in [1.29, 1.82) is 0 Å². The molecule has 0 aliphatic heterocycles. The van der Waals surface area contributed by atoms with Gasteiger partial charge in [0, 0.05) is 22.5 Å². The molecule has 0 aromatic heterocycles. The lowest BCUT2D eigenvalue weighted by Gasteiger charge is -2.48. The van der Waals surface area contributed by atoms with Gasteiger partial charge >= 0.3 is 0 Å². The van der Waals surface area contributed by atoms with Gasteiger partial charge in [-0.2, -0.15) is 0 Å². The summed E-state index contributed by atoms with van der Waals surface area (Å²) < 4.78 is 0. The number of hydrogen-bond acceptors (Lipinski definition) is 1. The van der Waals surface area contributed by atoms with Gasteiger partial charge in [-0.3, -0.25) is 0 Å². The molecule has 0 N–H and O–H groups in total. The summed E-state index contributed by atoms with van der Waals surface area (Å²) in [5.41, 5.74) is 12.7. The largest absolute Gasteiger partial charge is 0.310 e. The predicted molar refractivity (Wildman–Crippen MR) is 191 cm³/mol. The van der Waals surface area contributed by atoms with Gasteiger partial charge in [0.1, 0.15) is 0 Å². The third-order valence-corrected chi connectivity index (χ3v) is 12.5. The van der Waals surface area contributed by atoms with Gasteiger partial charge in [0.25, 0.3) is 0 Å². The van der Waals surface area contributed by atoms with Gasteiger partial charge in [-0.05, 0) is 144 Å². The number of hydrogen-bond donors (Lipinski definition) is 0. The Balaban J connectivity index is 1.21. The molecule has 0 heterocycles. The molecule has 3 fully saturated rings. The highest BCUT2D eigenvalue weighted by Gasteiger charge is 2.42. The summed E-state index contributed by atoms with van der Waals surface area (Å²) in [5.74, 6) is 3.37. The topological polar surface area (TPSA) is 3.24 Å². The molecule has 4 aliphatic rings. The van der Waals surface area contributed by atoms with E-state index in [4.69, 9.17) is 0 Å². The molecule has 4 aliphatic carbocycles. The van der Waals surface area contributed by atoms with Crippen molar-refractivity contribution in [3.05, 3.63) is 113 Å². The molecule has 4 aromatic carbocycles. The van der Waals surface area contributed by atoms with Crippen molar-refractivity contribution in [1.82, 2.24) is 0 Å². The summed E-state index contributed by atoms with van der Waals surface area (Å²) in [6, 6.07) is 35.6. The Morgan fingerprint density at radius 2 is 1.27 bits per heavy atom. The van der Waals surface area contributed by atoms with E-state index >= 15 is 0 Å². The molecule has 0 saturated heterocycles. The van der Waals surface area contributed by atoms with Crippen LogP contribution in [0.3, 0.4) is 0 Å². The number of rotatable bonds is 5. The van der Waals surface area contributed by atoms with Crippen LogP contribution < -0.4 is 4.90 Å². The van der Waals surface area contributed by atoms with Crippen LogP contribution in [-0.4, -0.2) is 0 Å². The molecule has 8 rings (SSSR count). The molecule has 0 spiro atoms. The first-order chi connectivity index (χ1) is 21.8. The minimum Gasteiger partial charge on any atom is -0.310 e. The monoisotopic (exact) mass is 593 g/mol. The first kappa shape index (κ1) is 29.1. The molecule has 1 heteroatoms. The number of anilines is 3. The van der Waals surface area contributed by atoms with E-state index in [1.54, 1.807) is 0 Å². The smallest absolute Gasteiger partial charge is 0.0465 e. The first-order valence-corrected chi connectivity index (χ1v) is 18.0. The molecule has 232 valence electrons.